The quantitative estimate of drug-likeness (QED) is 0.624. The van der Waals surface area contributed by atoms with E-state index >= 15 is 0 Å². The highest BCUT2D eigenvalue weighted by Crippen LogP contribution is 2.24. The number of rotatable bonds is 5. The first kappa shape index (κ1) is 14.3. The molecular formula is C13H14ClN3O3. The molecule has 2 aromatic rings. The smallest absolute Gasteiger partial charge is 0.276 e. The number of hydrogen-bond donors (Lipinski definition) is 0. The normalized spacial score (nSPS) is 10.8. The Morgan fingerprint density at radius 3 is 2.85 bits per heavy atom. The number of aromatic nitrogens is 2. The van der Waals surface area contributed by atoms with Crippen molar-refractivity contribution in [2.75, 3.05) is 0 Å². The Kier molecular flexibility index (Phi) is 4.24. The second kappa shape index (κ2) is 5.92. The van der Waals surface area contributed by atoms with Crippen LogP contribution >= 0.6 is 11.6 Å². The molecule has 0 aliphatic heterocycles. The third-order valence-corrected chi connectivity index (χ3v) is 2.97. The summed E-state index contributed by atoms with van der Waals surface area (Å²) in [6.07, 6.45) is 3.33. The Balaban J connectivity index is 2.13. The van der Waals surface area contributed by atoms with Crippen molar-refractivity contribution in [2.45, 2.75) is 26.5 Å². The van der Waals surface area contributed by atoms with Crippen LogP contribution in [0.25, 0.3) is 0 Å². The number of nitrogens with zero attached hydrogens (tertiary/aromatic N) is 3. The second-order valence-corrected chi connectivity index (χ2v) is 5.01. The second-order valence-electron chi connectivity index (χ2n) is 4.57. The molecule has 0 saturated heterocycles. The predicted octanol–water partition coefficient (Wildman–Crippen LogP) is 3.60. The molecule has 0 atom stereocenters. The first-order valence-electron chi connectivity index (χ1n) is 6.07. The van der Waals surface area contributed by atoms with Crippen LogP contribution in [-0.4, -0.2) is 14.7 Å². The third kappa shape index (κ3) is 3.27. The van der Waals surface area contributed by atoms with E-state index in [-0.39, 0.29) is 18.3 Å². The molecule has 106 valence electrons. The van der Waals surface area contributed by atoms with E-state index in [1.165, 1.54) is 18.2 Å². The molecule has 0 unspecified atom stereocenters. The van der Waals surface area contributed by atoms with Gasteiger partial charge in [-0.3, -0.25) is 14.8 Å². The summed E-state index contributed by atoms with van der Waals surface area (Å²) in [7, 11) is 0. The van der Waals surface area contributed by atoms with Crippen LogP contribution in [0.4, 0.5) is 5.69 Å². The Labute approximate surface area is 121 Å². The highest BCUT2D eigenvalue weighted by molar-refractivity contribution is 6.30. The zero-order valence-corrected chi connectivity index (χ0v) is 11.9. The fourth-order valence-corrected chi connectivity index (χ4v) is 1.88. The van der Waals surface area contributed by atoms with Crippen LogP contribution in [0.3, 0.4) is 0 Å². The third-order valence-electron chi connectivity index (χ3n) is 2.74. The number of ether oxygens (including phenoxy) is 1. The minimum absolute atomic E-state index is 0.00866. The number of nitro groups is 1. The average Bonchev–Trinajstić information content (AvgIpc) is 2.85. The summed E-state index contributed by atoms with van der Waals surface area (Å²) in [6.45, 7) is 4.07. The van der Waals surface area contributed by atoms with E-state index in [1.807, 2.05) is 13.8 Å². The molecule has 2 rings (SSSR count). The van der Waals surface area contributed by atoms with E-state index in [9.17, 15) is 10.1 Å². The van der Waals surface area contributed by atoms with Gasteiger partial charge < -0.3 is 4.74 Å². The molecule has 1 aromatic carbocycles. The van der Waals surface area contributed by atoms with Crippen LogP contribution in [0.2, 0.25) is 5.02 Å². The molecule has 0 aliphatic rings. The first-order valence-corrected chi connectivity index (χ1v) is 6.45. The number of halogens is 1. The van der Waals surface area contributed by atoms with Crippen molar-refractivity contribution in [3.8, 4) is 5.75 Å². The van der Waals surface area contributed by atoms with Crippen LogP contribution in [0.1, 0.15) is 25.5 Å². The molecule has 0 saturated carbocycles. The van der Waals surface area contributed by atoms with E-state index in [1.54, 1.807) is 17.1 Å². The van der Waals surface area contributed by atoms with Gasteiger partial charge in [-0.1, -0.05) is 11.6 Å². The molecule has 0 aliphatic carbocycles. The van der Waals surface area contributed by atoms with E-state index in [2.05, 4.69) is 5.10 Å². The Morgan fingerprint density at radius 1 is 1.50 bits per heavy atom. The summed E-state index contributed by atoms with van der Waals surface area (Å²) in [5, 5.41) is 15.5. The monoisotopic (exact) mass is 295 g/mol. The summed E-state index contributed by atoms with van der Waals surface area (Å²) in [5.41, 5.74) is 0.422. The minimum Gasteiger partial charge on any atom is -0.485 e. The van der Waals surface area contributed by atoms with Gasteiger partial charge in [0.2, 0.25) is 0 Å². The first-order chi connectivity index (χ1) is 9.47. The summed E-state index contributed by atoms with van der Waals surface area (Å²) < 4.78 is 7.27. The van der Waals surface area contributed by atoms with Crippen molar-refractivity contribution in [2.24, 2.45) is 0 Å². The van der Waals surface area contributed by atoms with E-state index in [0.717, 1.165) is 0 Å². The molecule has 0 amide bonds. The Morgan fingerprint density at radius 2 is 2.25 bits per heavy atom. The van der Waals surface area contributed by atoms with Gasteiger partial charge in [0.25, 0.3) is 5.69 Å². The van der Waals surface area contributed by atoms with Crippen molar-refractivity contribution in [3.05, 3.63) is 51.3 Å². The van der Waals surface area contributed by atoms with Gasteiger partial charge in [0, 0.05) is 17.1 Å². The van der Waals surface area contributed by atoms with Gasteiger partial charge >= 0.3 is 0 Å². The van der Waals surface area contributed by atoms with Gasteiger partial charge in [0.05, 0.1) is 22.9 Å². The lowest BCUT2D eigenvalue weighted by Gasteiger charge is -2.06. The zero-order chi connectivity index (χ0) is 14.7. The largest absolute Gasteiger partial charge is 0.485 e. The summed E-state index contributed by atoms with van der Waals surface area (Å²) >= 11 is 5.85. The van der Waals surface area contributed by atoms with Crippen LogP contribution < -0.4 is 4.74 Å². The van der Waals surface area contributed by atoms with Crippen LogP contribution in [0.5, 0.6) is 5.75 Å². The van der Waals surface area contributed by atoms with Gasteiger partial charge in [0.1, 0.15) is 6.61 Å². The van der Waals surface area contributed by atoms with Crippen LogP contribution in [-0.2, 0) is 6.61 Å². The number of nitro benzene ring substituents is 1. The summed E-state index contributed by atoms with van der Waals surface area (Å²) in [4.78, 5) is 10.5. The minimum atomic E-state index is -0.452. The van der Waals surface area contributed by atoms with Gasteiger partial charge in [0.15, 0.2) is 5.75 Å². The molecule has 0 spiro atoms. The van der Waals surface area contributed by atoms with Crippen molar-refractivity contribution >= 4 is 17.3 Å². The van der Waals surface area contributed by atoms with Gasteiger partial charge in [-0.25, -0.2) is 0 Å². The molecule has 20 heavy (non-hydrogen) atoms. The standard InChI is InChI=1S/C13H14ClN3O3/c1-9(2)16-7-12(6-15-16)20-8-10-5-11(14)3-4-13(10)17(18)19/h3-7,9H,8H2,1-2H3. The zero-order valence-electron chi connectivity index (χ0n) is 11.1. The lowest BCUT2D eigenvalue weighted by Crippen LogP contribution is -2.01. The maximum atomic E-state index is 10.9. The predicted molar refractivity (Wildman–Crippen MR) is 75.1 cm³/mol. The molecule has 0 radical (unpaired) electrons. The van der Waals surface area contributed by atoms with Gasteiger partial charge in [-0.2, -0.15) is 5.10 Å². The Bertz CT molecular complexity index is 625. The van der Waals surface area contributed by atoms with Gasteiger partial charge in [-0.05, 0) is 26.0 Å². The molecule has 7 heteroatoms. The maximum Gasteiger partial charge on any atom is 0.276 e. The fraction of sp³-hybridized carbons (Fsp3) is 0.308. The van der Waals surface area contributed by atoms with E-state index in [0.29, 0.717) is 16.3 Å². The van der Waals surface area contributed by atoms with E-state index in [4.69, 9.17) is 16.3 Å². The molecule has 1 heterocycles. The van der Waals surface area contributed by atoms with Crippen molar-refractivity contribution in [1.82, 2.24) is 9.78 Å². The van der Waals surface area contributed by atoms with Crippen molar-refractivity contribution < 1.29 is 9.66 Å². The molecule has 1 aromatic heterocycles. The number of benzene rings is 1. The maximum absolute atomic E-state index is 10.9. The molecule has 0 fully saturated rings. The summed E-state index contributed by atoms with van der Waals surface area (Å²) in [6, 6.07) is 4.62. The van der Waals surface area contributed by atoms with Crippen LogP contribution in [0, 0.1) is 10.1 Å². The molecule has 0 N–H and O–H groups in total. The van der Waals surface area contributed by atoms with Gasteiger partial charge in [-0.15, -0.1) is 0 Å². The van der Waals surface area contributed by atoms with Crippen LogP contribution in [0.15, 0.2) is 30.6 Å². The topological polar surface area (TPSA) is 70.2 Å². The fourth-order valence-electron chi connectivity index (χ4n) is 1.69. The molecular weight excluding hydrogens is 282 g/mol. The molecule has 6 nitrogen and oxygen atoms in total. The molecule has 0 bridgehead atoms. The number of hydrogen-bond acceptors (Lipinski definition) is 4. The Hall–Kier alpha value is -2.08. The lowest BCUT2D eigenvalue weighted by atomic mass is 10.2. The lowest BCUT2D eigenvalue weighted by molar-refractivity contribution is -0.385. The highest BCUT2D eigenvalue weighted by Gasteiger charge is 2.14. The summed E-state index contributed by atoms with van der Waals surface area (Å²) in [5.74, 6) is 0.563. The van der Waals surface area contributed by atoms with Crippen molar-refractivity contribution in [1.29, 1.82) is 0 Å². The average molecular weight is 296 g/mol. The SMILES string of the molecule is CC(C)n1cc(OCc2cc(Cl)ccc2[N+](=O)[O-])cn1. The van der Waals surface area contributed by atoms with Crippen molar-refractivity contribution in [3.63, 3.8) is 0 Å². The highest BCUT2D eigenvalue weighted by atomic mass is 35.5. The van der Waals surface area contributed by atoms with E-state index < -0.39 is 4.92 Å².